The maximum atomic E-state index is 2.76. The predicted molar refractivity (Wildman–Crippen MR) is 446 cm³/mol. The monoisotopic (exact) mass is 1290 g/mol. The lowest BCUT2D eigenvalue weighted by molar-refractivity contribution is 0.937. The Hall–Kier alpha value is -12.2. The Morgan fingerprint density at radius 3 is 0.461 bits per heavy atom. The molecule has 0 heteroatoms. The fraction of sp³-hybridized carbons (Fsp3) is 0.0784. The number of hydrogen-bond acceptors (Lipinski definition) is 0. The van der Waals surface area contributed by atoms with Crippen molar-refractivity contribution in [1.82, 2.24) is 0 Å². The maximum Gasteiger partial charge on any atom is -0.00197 e. The van der Waals surface area contributed by atoms with E-state index in [1.165, 1.54) is 239 Å². The second-order valence-electron chi connectivity index (χ2n) is 29.1. The molecule has 0 nitrogen and oxygen atoms in total. The van der Waals surface area contributed by atoms with Gasteiger partial charge in [0.05, 0.1) is 0 Å². The molecule has 0 fully saturated rings. The van der Waals surface area contributed by atoms with Gasteiger partial charge in [0, 0.05) is 0 Å². The Bertz CT molecular complexity index is 6460. The Labute approximate surface area is 591 Å². The fourth-order valence-corrected chi connectivity index (χ4v) is 18.6. The quantitative estimate of drug-likeness (QED) is 0.133. The van der Waals surface area contributed by atoms with Gasteiger partial charge in [-0.05, 0) is 375 Å². The zero-order valence-corrected chi connectivity index (χ0v) is 57.7. The van der Waals surface area contributed by atoms with Crippen molar-refractivity contribution in [2.45, 2.75) is 53.4 Å². The van der Waals surface area contributed by atoms with Gasteiger partial charge in [-0.25, -0.2) is 0 Å². The third kappa shape index (κ3) is 8.82. The van der Waals surface area contributed by atoms with Crippen LogP contribution in [0.3, 0.4) is 0 Å². The van der Waals surface area contributed by atoms with Gasteiger partial charge in [-0.3, -0.25) is 0 Å². The number of fused-ring (bicyclic) bond motifs is 16. The highest BCUT2D eigenvalue weighted by molar-refractivity contribution is 6.31. The van der Waals surface area contributed by atoms with Crippen LogP contribution in [0.1, 0.15) is 48.9 Å². The minimum Gasteiger partial charge on any atom is -0.0651 e. The average Bonchev–Trinajstić information content (AvgIpc) is 0.695. The molecule has 0 radical (unpaired) electrons. The topological polar surface area (TPSA) is 0 Å². The molecule has 21 aromatic rings. The average molecular weight is 1300 g/mol. The first kappa shape index (κ1) is 58.7. The summed E-state index contributed by atoms with van der Waals surface area (Å²) in [6.07, 6.45) is 3.90. The van der Waals surface area contributed by atoms with Gasteiger partial charge < -0.3 is 0 Å². The van der Waals surface area contributed by atoms with Crippen molar-refractivity contribution in [2.75, 3.05) is 0 Å². The van der Waals surface area contributed by atoms with E-state index >= 15 is 0 Å². The standard InChI is InChI=1S/C102H70/c1-5-23-77-83-45-65-29-11-19-37-73(65)53-91(83)101(92-54-74-38-20-12-30-66(74)46-84(77)92)97-57-95(99-87-49-69-33-15-7-25-61(69)41-79(87)59(3)80-42-62-26-8-16-34-70(62)50-88(80)99)96(100-89-51-71-35-17-9-27-63(71)43-81(89)60(4)82-44-64-28-10-18-36-72(64)52-90(82)100)58-98(97)102-93-55-75-39-21-13-31-67(75)47-85(93)78(24-6-2)86-48-68-32-14-22-40-76(68)56-94(86)102/h7-22,25-58H,5-6,23-24H2,1-4H3. The Kier molecular flexibility index (Phi) is 13.0. The summed E-state index contributed by atoms with van der Waals surface area (Å²) in [7, 11) is 0. The van der Waals surface area contributed by atoms with E-state index in [0.29, 0.717) is 0 Å². The minimum atomic E-state index is 0.940. The molecule has 478 valence electrons. The molecule has 0 amide bonds. The predicted octanol–water partition coefficient (Wildman–Crippen LogP) is 29.3. The molecule has 0 bridgehead atoms. The largest absolute Gasteiger partial charge is 0.0651 e. The molecule has 0 aliphatic heterocycles. The molecule has 0 saturated heterocycles. The number of hydrogen-bond donors (Lipinski definition) is 0. The van der Waals surface area contributed by atoms with E-state index in [2.05, 4.69) is 331 Å². The van der Waals surface area contributed by atoms with Gasteiger partial charge in [-0.1, -0.05) is 221 Å². The molecule has 21 aromatic carbocycles. The normalized spacial score (nSPS) is 12.3. The third-order valence-electron chi connectivity index (χ3n) is 23.4. The number of aryl methyl sites for hydroxylation is 4. The van der Waals surface area contributed by atoms with E-state index < -0.39 is 0 Å². The summed E-state index contributed by atoms with van der Waals surface area (Å²) in [5, 5.41) is 40.1. The van der Waals surface area contributed by atoms with E-state index in [1.807, 2.05) is 0 Å². The summed E-state index contributed by atoms with van der Waals surface area (Å²) < 4.78 is 0. The minimum absolute atomic E-state index is 0.940. The molecule has 0 spiro atoms. The first-order chi connectivity index (χ1) is 50.3. The Balaban J connectivity index is 1.09. The van der Waals surface area contributed by atoms with Gasteiger partial charge in [0.2, 0.25) is 0 Å². The highest BCUT2D eigenvalue weighted by Crippen LogP contribution is 2.57. The molecule has 0 saturated carbocycles. The van der Waals surface area contributed by atoms with Crippen LogP contribution in [0.4, 0.5) is 0 Å². The van der Waals surface area contributed by atoms with Gasteiger partial charge in [-0.2, -0.15) is 0 Å². The van der Waals surface area contributed by atoms with Crippen molar-refractivity contribution in [1.29, 1.82) is 0 Å². The summed E-state index contributed by atoms with van der Waals surface area (Å²) in [6, 6.07) is 119. The smallest absolute Gasteiger partial charge is 0.00197 e. The molecule has 21 rings (SSSR count). The van der Waals surface area contributed by atoms with Crippen molar-refractivity contribution in [2.24, 2.45) is 0 Å². The molecule has 0 aliphatic carbocycles. The maximum absolute atomic E-state index is 2.76. The van der Waals surface area contributed by atoms with Crippen molar-refractivity contribution in [3.8, 4) is 44.5 Å². The van der Waals surface area contributed by atoms with Gasteiger partial charge in [0.15, 0.2) is 0 Å². The van der Waals surface area contributed by atoms with Crippen molar-refractivity contribution in [3.63, 3.8) is 0 Å². The molecule has 0 N–H and O–H groups in total. The molecule has 0 heterocycles. The van der Waals surface area contributed by atoms with Crippen LogP contribution in [0.5, 0.6) is 0 Å². The number of rotatable bonds is 8. The SMILES string of the molecule is CCCc1c2cc3ccccc3cc2c(-c2cc(-c3c4cc5ccccc5cc4c(C)c4cc5ccccc5cc34)c(-c3c4cc5ccccc5cc4c(C)c4cc5ccccc5cc34)cc2-c2c3cc4ccccc4cc3c(CCC)c3cc4ccccc4cc23)c2cc3ccccc3cc12. The van der Waals surface area contributed by atoms with Gasteiger partial charge in [0.1, 0.15) is 0 Å². The van der Waals surface area contributed by atoms with Crippen LogP contribution in [0.2, 0.25) is 0 Å². The van der Waals surface area contributed by atoms with Crippen LogP contribution < -0.4 is 0 Å². The van der Waals surface area contributed by atoms with Crippen molar-refractivity contribution in [3.05, 3.63) is 326 Å². The van der Waals surface area contributed by atoms with E-state index in [1.54, 1.807) is 0 Å². The van der Waals surface area contributed by atoms with Crippen LogP contribution in [-0.4, -0.2) is 0 Å². The lowest BCUT2D eigenvalue weighted by Gasteiger charge is -2.27. The summed E-state index contributed by atoms with van der Waals surface area (Å²) in [5.41, 5.74) is 15.2. The number of benzene rings is 21. The molecule has 0 unspecified atom stereocenters. The molecular formula is C102H70. The molecule has 0 aliphatic rings. The fourth-order valence-electron chi connectivity index (χ4n) is 18.6. The van der Waals surface area contributed by atoms with Crippen LogP contribution in [-0.2, 0) is 12.8 Å². The Morgan fingerprint density at radius 1 is 0.167 bits per heavy atom. The third-order valence-corrected chi connectivity index (χ3v) is 23.4. The molecule has 0 aromatic heterocycles. The molecule has 102 heavy (non-hydrogen) atoms. The van der Waals surface area contributed by atoms with Crippen LogP contribution in [0, 0.1) is 13.8 Å². The van der Waals surface area contributed by atoms with E-state index in [9.17, 15) is 0 Å². The summed E-state index contributed by atoms with van der Waals surface area (Å²) >= 11 is 0. The van der Waals surface area contributed by atoms with E-state index in [-0.39, 0.29) is 0 Å². The van der Waals surface area contributed by atoms with Crippen LogP contribution >= 0.6 is 0 Å². The summed E-state index contributed by atoms with van der Waals surface area (Å²) in [5.74, 6) is 0. The highest BCUT2D eigenvalue weighted by atomic mass is 14.3. The zero-order chi connectivity index (χ0) is 67.6. The second kappa shape index (κ2) is 22.7. The first-order valence-electron chi connectivity index (χ1n) is 36.6. The zero-order valence-electron chi connectivity index (χ0n) is 57.7. The van der Waals surface area contributed by atoms with E-state index in [0.717, 1.165) is 25.7 Å². The first-order valence-corrected chi connectivity index (χ1v) is 36.6. The molecule has 0 atom stereocenters. The van der Waals surface area contributed by atoms with Gasteiger partial charge in [0.25, 0.3) is 0 Å². The molecular weight excluding hydrogens is 1230 g/mol. The van der Waals surface area contributed by atoms with E-state index in [4.69, 9.17) is 0 Å². The summed E-state index contributed by atoms with van der Waals surface area (Å²) in [4.78, 5) is 0. The van der Waals surface area contributed by atoms with Crippen LogP contribution in [0.25, 0.3) is 217 Å². The van der Waals surface area contributed by atoms with Gasteiger partial charge >= 0.3 is 0 Å². The van der Waals surface area contributed by atoms with Gasteiger partial charge in [-0.15, -0.1) is 0 Å². The Morgan fingerprint density at radius 2 is 0.304 bits per heavy atom. The van der Waals surface area contributed by atoms with Crippen LogP contribution in [0.15, 0.2) is 303 Å². The van der Waals surface area contributed by atoms with Crippen molar-refractivity contribution < 1.29 is 0 Å². The lowest BCUT2D eigenvalue weighted by Crippen LogP contribution is -2.01. The highest BCUT2D eigenvalue weighted by Gasteiger charge is 2.30. The lowest BCUT2D eigenvalue weighted by atomic mass is 9.76. The summed E-state index contributed by atoms with van der Waals surface area (Å²) in [6.45, 7) is 9.47. The van der Waals surface area contributed by atoms with Crippen molar-refractivity contribution >= 4 is 172 Å². The second-order valence-corrected chi connectivity index (χ2v) is 29.1.